The van der Waals surface area contributed by atoms with Gasteiger partial charge in [0, 0.05) is 37.8 Å². The fourth-order valence-electron chi connectivity index (χ4n) is 4.29. The second kappa shape index (κ2) is 8.70. The summed E-state index contributed by atoms with van der Waals surface area (Å²) in [5.74, 6) is -0.234. The lowest BCUT2D eigenvalue weighted by Gasteiger charge is -2.34. The van der Waals surface area contributed by atoms with Crippen LogP contribution in [0.15, 0.2) is 48.5 Å². The van der Waals surface area contributed by atoms with Crippen molar-refractivity contribution in [3.05, 3.63) is 54.1 Å². The molecule has 1 aliphatic heterocycles. The minimum absolute atomic E-state index is 0.0131. The SMILES string of the molecule is CC[C@H](N)C(=O)N[C@@]1(C#N)C[C@H]1c1ccc(-c2ccc(N3CCN(C)CC3)cc2)cc1. The number of hydrogen-bond donors (Lipinski definition) is 2. The van der Waals surface area contributed by atoms with Gasteiger partial charge in [-0.2, -0.15) is 5.26 Å². The zero-order valence-electron chi connectivity index (χ0n) is 18.3. The summed E-state index contributed by atoms with van der Waals surface area (Å²) >= 11 is 0. The summed E-state index contributed by atoms with van der Waals surface area (Å²) in [5.41, 5.74) is 9.65. The van der Waals surface area contributed by atoms with Crippen LogP contribution >= 0.6 is 0 Å². The molecule has 1 heterocycles. The van der Waals surface area contributed by atoms with Gasteiger partial charge in [0.15, 0.2) is 0 Å². The van der Waals surface area contributed by atoms with Crippen molar-refractivity contribution in [2.24, 2.45) is 5.73 Å². The first-order valence-corrected chi connectivity index (χ1v) is 11.1. The van der Waals surface area contributed by atoms with Crippen molar-refractivity contribution in [3.8, 4) is 17.2 Å². The number of likely N-dealkylation sites (N-methyl/N-ethyl adjacent to an activating group) is 1. The molecule has 4 rings (SSSR count). The van der Waals surface area contributed by atoms with E-state index in [1.807, 2.05) is 6.92 Å². The van der Waals surface area contributed by atoms with Gasteiger partial charge in [0.2, 0.25) is 5.91 Å². The quantitative estimate of drug-likeness (QED) is 0.755. The maximum atomic E-state index is 12.2. The normalized spacial score (nSPS) is 24.3. The first-order chi connectivity index (χ1) is 15.0. The van der Waals surface area contributed by atoms with Crippen LogP contribution in [0.1, 0.15) is 31.2 Å². The van der Waals surface area contributed by atoms with Crippen LogP contribution in [0.4, 0.5) is 5.69 Å². The molecule has 1 saturated heterocycles. The maximum absolute atomic E-state index is 12.2. The molecule has 3 N–H and O–H groups in total. The van der Waals surface area contributed by atoms with E-state index in [1.165, 1.54) is 11.3 Å². The van der Waals surface area contributed by atoms with Crippen molar-refractivity contribution in [3.63, 3.8) is 0 Å². The Kier molecular flexibility index (Phi) is 5.99. The number of carbonyl (C=O) groups is 1. The number of amides is 1. The van der Waals surface area contributed by atoms with Crippen LogP contribution in [0, 0.1) is 11.3 Å². The highest BCUT2D eigenvalue weighted by molar-refractivity contribution is 5.83. The lowest BCUT2D eigenvalue weighted by Crippen LogP contribution is -2.46. The van der Waals surface area contributed by atoms with Gasteiger partial charge in [-0.15, -0.1) is 0 Å². The molecule has 0 spiro atoms. The third-order valence-electron chi connectivity index (χ3n) is 6.67. The predicted molar refractivity (Wildman–Crippen MR) is 124 cm³/mol. The van der Waals surface area contributed by atoms with Crippen molar-refractivity contribution in [1.82, 2.24) is 10.2 Å². The fourth-order valence-corrected chi connectivity index (χ4v) is 4.29. The monoisotopic (exact) mass is 417 g/mol. The topological polar surface area (TPSA) is 85.4 Å². The van der Waals surface area contributed by atoms with Gasteiger partial charge in [0.25, 0.3) is 0 Å². The van der Waals surface area contributed by atoms with E-state index >= 15 is 0 Å². The summed E-state index contributed by atoms with van der Waals surface area (Å²) < 4.78 is 0. The minimum atomic E-state index is -0.824. The number of nitrogens with two attached hydrogens (primary N) is 1. The number of nitrogens with zero attached hydrogens (tertiary/aromatic N) is 3. The van der Waals surface area contributed by atoms with Crippen molar-refractivity contribution in [2.45, 2.75) is 37.3 Å². The first kappa shape index (κ1) is 21.4. The Hall–Kier alpha value is -2.88. The zero-order chi connectivity index (χ0) is 22.0. The summed E-state index contributed by atoms with van der Waals surface area (Å²) in [6.07, 6.45) is 1.19. The fraction of sp³-hybridized carbons (Fsp3) is 0.440. The average Bonchev–Trinajstić information content (AvgIpc) is 3.53. The van der Waals surface area contributed by atoms with E-state index in [0.717, 1.165) is 37.3 Å². The summed E-state index contributed by atoms with van der Waals surface area (Å²) in [7, 11) is 2.17. The lowest BCUT2D eigenvalue weighted by atomic mass is 10.00. The number of carbonyl (C=O) groups excluding carboxylic acids is 1. The first-order valence-electron chi connectivity index (χ1n) is 11.1. The van der Waals surface area contributed by atoms with E-state index in [2.05, 4.69) is 76.8 Å². The highest BCUT2D eigenvalue weighted by Crippen LogP contribution is 2.51. The Morgan fingerprint density at radius 1 is 1.13 bits per heavy atom. The Bertz CT molecular complexity index is 957. The smallest absolute Gasteiger partial charge is 0.238 e. The number of benzene rings is 2. The molecular formula is C25H31N5O. The molecule has 0 aromatic heterocycles. The molecule has 0 radical (unpaired) electrons. The minimum Gasteiger partial charge on any atom is -0.369 e. The van der Waals surface area contributed by atoms with E-state index in [0.29, 0.717) is 12.8 Å². The van der Waals surface area contributed by atoms with Gasteiger partial charge in [-0.05, 0) is 48.7 Å². The Morgan fingerprint density at radius 3 is 2.26 bits per heavy atom. The van der Waals surface area contributed by atoms with Gasteiger partial charge >= 0.3 is 0 Å². The number of rotatable bonds is 6. The summed E-state index contributed by atoms with van der Waals surface area (Å²) in [5, 5.41) is 12.5. The van der Waals surface area contributed by atoms with Crippen molar-refractivity contribution >= 4 is 11.6 Å². The number of hydrogen-bond acceptors (Lipinski definition) is 5. The third-order valence-corrected chi connectivity index (χ3v) is 6.67. The van der Waals surface area contributed by atoms with Crippen molar-refractivity contribution in [1.29, 1.82) is 5.26 Å². The molecule has 2 aliphatic rings. The van der Waals surface area contributed by atoms with Crippen LogP contribution in [0.5, 0.6) is 0 Å². The highest BCUT2D eigenvalue weighted by atomic mass is 16.2. The second-order valence-corrected chi connectivity index (χ2v) is 8.80. The van der Waals surface area contributed by atoms with Gasteiger partial charge in [0.1, 0.15) is 5.54 Å². The Balaban J connectivity index is 1.42. The molecule has 2 aromatic rings. The molecule has 31 heavy (non-hydrogen) atoms. The number of nitriles is 1. The highest BCUT2D eigenvalue weighted by Gasteiger charge is 2.57. The van der Waals surface area contributed by atoms with Crippen LogP contribution in [-0.4, -0.2) is 55.6 Å². The molecule has 6 nitrogen and oxygen atoms in total. The second-order valence-electron chi connectivity index (χ2n) is 8.80. The zero-order valence-corrected chi connectivity index (χ0v) is 18.3. The predicted octanol–water partition coefficient (Wildman–Crippen LogP) is 2.71. The van der Waals surface area contributed by atoms with Crippen LogP contribution in [0.3, 0.4) is 0 Å². The summed E-state index contributed by atoms with van der Waals surface area (Å²) in [4.78, 5) is 17.0. The lowest BCUT2D eigenvalue weighted by molar-refractivity contribution is -0.123. The summed E-state index contributed by atoms with van der Waals surface area (Å²) in [6.45, 7) is 6.18. The number of anilines is 1. The van der Waals surface area contributed by atoms with Gasteiger partial charge in [-0.3, -0.25) is 4.79 Å². The molecule has 1 saturated carbocycles. The van der Waals surface area contributed by atoms with Gasteiger partial charge < -0.3 is 20.9 Å². The van der Waals surface area contributed by atoms with Gasteiger partial charge in [0.05, 0.1) is 12.1 Å². The van der Waals surface area contributed by atoms with Crippen molar-refractivity contribution < 1.29 is 4.79 Å². The van der Waals surface area contributed by atoms with E-state index in [1.54, 1.807) is 0 Å². The molecule has 2 fully saturated rings. The average molecular weight is 418 g/mol. The molecule has 0 bridgehead atoms. The van der Waals surface area contributed by atoms with Crippen LogP contribution < -0.4 is 16.0 Å². The Labute approximate surface area is 184 Å². The molecular weight excluding hydrogens is 386 g/mol. The molecule has 0 unspecified atom stereocenters. The third kappa shape index (κ3) is 4.43. The Morgan fingerprint density at radius 2 is 1.71 bits per heavy atom. The van der Waals surface area contributed by atoms with E-state index < -0.39 is 11.6 Å². The molecule has 162 valence electrons. The molecule has 1 amide bonds. The van der Waals surface area contributed by atoms with E-state index in [4.69, 9.17) is 5.73 Å². The number of piperazine rings is 1. The molecule has 3 atom stereocenters. The molecule has 1 aliphatic carbocycles. The summed E-state index contributed by atoms with van der Waals surface area (Å²) in [6, 6.07) is 18.8. The molecule has 6 heteroatoms. The van der Waals surface area contributed by atoms with Crippen LogP contribution in [-0.2, 0) is 4.79 Å². The van der Waals surface area contributed by atoms with Gasteiger partial charge in [-0.25, -0.2) is 0 Å². The van der Waals surface area contributed by atoms with E-state index in [-0.39, 0.29) is 11.8 Å². The standard InChI is InChI=1S/C25H31N5O/c1-3-23(27)24(31)28-25(17-26)16-22(25)20-6-4-18(5-7-20)19-8-10-21(11-9-19)30-14-12-29(2)13-15-30/h4-11,22-23H,3,12-16,27H2,1-2H3,(H,28,31)/t22-,23-,25+/m0/s1. The van der Waals surface area contributed by atoms with E-state index in [9.17, 15) is 10.1 Å². The van der Waals surface area contributed by atoms with Crippen LogP contribution in [0.2, 0.25) is 0 Å². The molecule has 2 aromatic carbocycles. The van der Waals surface area contributed by atoms with Crippen molar-refractivity contribution in [2.75, 3.05) is 38.1 Å². The van der Waals surface area contributed by atoms with Gasteiger partial charge in [-0.1, -0.05) is 43.3 Å². The van der Waals surface area contributed by atoms with Crippen LogP contribution in [0.25, 0.3) is 11.1 Å². The number of nitrogens with one attached hydrogen (secondary N) is 1. The maximum Gasteiger partial charge on any atom is 0.238 e. The largest absolute Gasteiger partial charge is 0.369 e.